The molecule has 0 bridgehead atoms. The largest absolute Gasteiger partial charge is 0.348 e. The Balaban J connectivity index is 1.79. The van der Waals surface area contributed by atoms with Crippen molar-refractivity contribution in [2.75, 3.05) is 0 Å². The summed E-state index contributed by atoms with van der Waals surface area (Å²) in [4.78, 5) is 43.4. The average Bonchev–Trinajstić information content (AvgIpc) is 2.82. The van der Waals surface area contributed by atoms with Crippen LogP contribution in [0.3, 0.4) is 0 Å². The van der Waals surface area contributed by atoms with E-state index in [-0.39, 0.29) is 39.3 Å². The van der Waals surface area contributed by atoms with Crippen molar-refractivity contribution in [3.63, 3.8) is 0 Å². The van der Waals surface area contributed by atoms with Gasteiger partial charge in [-0.25, -0.2) is 4.98 Å². The maximum absolute atomic E-state index is 13.5. The molecule has 7 nitrogen and oxygen atoms in total. The molecule has 0 aliphatic carbocycles. The molecule has 0 aliphatic heterocycles. The second-order valence-electron chi connectivity index (χ2n) is 7.56. The Morgan fingerprint density at radius 3 is 2.48 bits per heavy atom. The Morgan fingerprint density at radius 1 is 1.00 bits per heavy atom. The predicted molar refractivity (Wildman–Crippen MR) is 129 cm³/mol. The fourth-order valence-electron chi connectivity index (χ4n) is 4.03. The summed E-state index contributed by atoms with van der Waals surface area (Å²) in [6, 6.07) is 15.4. The molecule has 1 N–H and O–H groups in total. The van der Waals surface area contributed by atoms with Gasteiger partial charge in [0.25, 0.3) is 11.5 Å². The molecule has 9 heteroatoms. The van der Waals surface area contributed by atoms with Gasteiger partial charge in [-0.15, -0.1) is 0 Å². The lowest BCUT2D eigenvalue weighted by molar-refractivity contribution is 0.0950. The third-order valence-electron chi connectivity index (χ3n) is 5.64. The molecule has 3 aromatic heterocycles. The van der Waals surface area contributed by atoms with Crippen molar-refractivity contribution in [1.82, 2.24) is 19.3 Å². The van der Waals surface area contributed by atoms with Gasteiger partial charge in [-0.3, -0.25) is 14.4 Å². The second kappa shape index (κ2) is 8.03. The van der Waals surface area contributed by atoms with Gasteiger partial charge in [-0.1, -0.05) is 35.3 Å². The zero-order valence-electron chi connectivity index (χ0n) is 17.3. The number of carbonyl (C=O) groups is 1. The van der Waals surface area contributed by atoms with Crippen molar-refractivity contribution in [2.24, 2.45) is 7.05 Å². The number of aromatic nitrogens is 3. The zero-order valence-corrected chi connectivity index (χ0v) is 18.8. The fraction of sp³-hybridized carbons (Fsp3) is 0.0833. The highest BCUT2D eigenvalue weighted by molar-refractivity contribution is 6.31. The molecule has 3 heterocycles. The molecule has 0 spiro atoms. The quantitative estimate of drug-likeness (QED) is 0.314. The van der Waals surface area contributed by atoms with Crippen LogP contribution < -0.4 is 16.3 Å². The summed E-state index contributed by atoms with van der Waals surface area (Å²) in [6.07, 6.45) is 1.34. The number of halogens is 2. The number of hydrogen-bond acceptors (Lipinski definition) is 4. The normalized spacial score (nSPS) is 11.4. The van der Waals surface area contributed by atoms with Crippen molar-refractivity contribution in [2.45, 2.75) is 6.54 Å². The van der Waals surface area contributed by atoms with Crippen molar-refractivity contribution >= 4 is 56.6 Å². The van der Waals surface area contributed by atoms with Gasteiger partial charge in [0, 0.05) is 35.8 Å². The van der Waals surface area contributed by atoms with Crippen LogP contribution in [0.15, 0.2) is 70.4 Å². The van der Waals surface area contributed by atoms with E-state index < -0.39 is 5.91 Å². The van der Waals surface area contributed by atoms with Crippen LogP contribution in [0, 0.1) is 0 Å². The number of rotatable bonds is 3. The highest BCUT2D eigenvalue weighted by Crippen LogP contribution is 2.24. The zero-order chi connectivity index (χ0) is 23.3. The minimum absolute atomic E-state index is 0.143. The third kappa shape index (κ3) is 3.46. The minimum atomic E-state index is -0.439. The van der Waals surface area contributed by atoms with E-state index in [1.165, 1.54) is 22.9 Å². The first-order valence-corrected chi connectivity index (χ1v) is 10.8. The lowest BCUT2D eigenvalue weighted by Gasteiger charge is -2.17. The Hall–Kier alpha value is -3.68. The first-order valence-electron chi connectivity index (χ1n) is 10.0. The van der Waals surface area contributed by atoms with E-state index in [0.717, 1.165) is 5.52 Å². The molecule has 2 aromatic carbocycles. The molecule has 1 amide bonds. The van der Waals surface area contributed by atoms with Gasteiger partial charge in [0.2, 0.25) is 0 Å². The number of nitrogens with one attached hydrogen (secondary N) is 1. The molecule has 0 saturated carbocycles. The van der Waals surface area contributed by atoms with E-state index in [1.807, 2.05) is 24.3 Å². The number of aryl methyl sites for hydroxylation is 1. The van der Waals surface area contributed by atoms with Crippen LogP contribution in [0.5, 0.6) is 0 Å². The van der Waals surface area contributed by atoms with Gasteiger partial charge in [0.15, 0.2) is 5.43 Å². The summed E-state index contributed by atoms with van der Waals surface area (Å²) in [5, 5.41) is 3.83. The van der Waals surface area contributed by atoms with Crippen LogP contribution in [0.25, 0.3) is 27.5 Å². The van der Waals surface area contributed by atoms with Gasteiger partial charge in [0.05, 0.1) is 22.1 Å². The Kier molecular flexibility index (Phi) is 5.15. The van der Waals surface area contributed by atoms with E-state index in [1.54, 1.807) is 29.6 Å². The van der Waals surface area contributed by atoms with E-state index in [0.29, 0.717) is 21.4 Å². The van der Waals surface area contributed by atoms with Crippen LogP contribution in [-0.2, 0) is 13.6 Å². The number of hydrogen-bond donors (Lipinski definition) is 1. The van der Waals surface area contributed by atoms with Gasteiger partial charge in [0.1, 0.15) is 10.7 Å². The topological polar surface area (TPSA) is 85.5 Å². The molecule has 33 heavy (non-hydrogen) atoms. The molecule has 5 aromatic rings. The summed E-state index contributed by atoms with van der Waals surface area (Å²) in [5.74, 6) is -0.439. The molecule has 0 atom stereocenters. The van der Waals surface area contributed by atoms with Crippen molar-refractivity contribution < 1.29 is 4.79 Å². The highest BCUT2D eigenvalue weighted by atomic mass is 35.5. The number of benzene rings is 2. The van der Waals surface area contributed by atoms with Crippen LogP contribution in [-0.4, -0.2) is 19.9 Å². The van der Waals surface area contributed by atoms with E-state index in [2.05, 4.69) is 10.3 Å². The van der Waals surface area contributed by atoms with Crippen LogP contribution in [0.1, 0.15) is 15.9 Å². The summed E-state index contributed by atoms with van der Waals surface area (Å²) < 4.78 is 3.24. The van der Waals surface area contributed by atoms with Crippen LogP contribution in [0.4, 0.5) is 0 Å². The molecule has 0 saturated heterocycles. The fourth-order valence-corrected chi connectivity index (χ4v) is 4.31. The lowest BCUT2D eigenvalue weighted by Crippen LogP contribution is -2.31. The number of pyridine rings is 2. The molecule has 0 fully saturated rings. The van der Waals surface area contributed by atoms with Gasteiger partial charge in [-0.05, 0) is 42.5 Å². The van der Waals surface area contributed by atoms with E-state index in [9.17, 15) is 14.4 Å². The molecule has 0 aliphatic rings. The first-order chi connectivity index (χ1) is 15.9. The van der Waals surface area contributed by atoms with Crippen LogP contribution >= 0.6 is 23.2 Å². The molecule has 5 rings (SSSR count). The highest BCUT2D eigenvalue weighted by Gasteiger charge is 2.19. The SMILES string of the molecule is Cn1c(=O)c2c(CNC(=O)c3ccc(Cl)nc3)c(=O)c3ccc(Cl)cc3n2c2ccccc21. The van der Waals surface area contributed by atoms with Crippen molar-refractivity contribution in [3.8, 4) is 0 Å². The number of para-hydroxylation sites is 2. The summed E-state index contributed by atoms with van der Waals surface area (Å²) in [5.41, 5.74) is 1.91. The number of fused-ring (bicyclic) bond motifs is 5. The third-order valence-corrected chi connectivity index (χ3v) is 6.09. The molecular weight excluding hydrogens is 463 g/mol. The van der Waals surface area contributed by atoms with Crippen molar-refractivity contribution in [3.05, 3.63) is 103 Å². The number of amides is 1. The summed E-state index contributed by atoms with van der Waals surface area (Å²) >= 11 is 12.0. The number of carbonyl (C=O) groups excluding carboxylic acids is 1. The van der Waals surface area contributed by atoms with Gasteiger partial charge in [-0.2, -0.15) is 0 Å². The van der Waals surface area contributed by atoms with E-state index >= 15 is 0 Å². The summed E-state index contributed by atoms with van der Waals surface area (Å²) in [6.45, 7) is -0.143. The first kappa shape index (κ1) is 21.2. The Morgan fingerprint density at radius 2 is 1.76 bits per heavy atom. The molecule has 0 radical (unpaired) electrons. The number of nitrogens with zero attached hydrogens (tertiary/aromatic N) is 3. The van der Waals surface area contributed by atoms with Crippen molar-refractivity contribution in [1.29, 1.82) is 0 Å². The minimum Gasteiger partial charge on any atom is -0.348 e. The molecule has 0 unspecified atom stereocenters. The maximum Gasteiger partial charge on any atom is 0.275 e. The average molecular weight is 479 g/mol. The maximum atomic E-state index is 13.5. The lowest BCUT2D eigenvalue weighted by atomic mass is 10.1. The standard InChI is InChI=1S/C24H16Cl2N4O3/c1-29-17-4-2-3-5-18(17)30-19-10-14(25)7-8-15(19)22(31)16(21(30)24(29)33)12-28-23(32)13-6-9-20(26)27-11-13/h2-11H,12H2,1H3,(H,28,32). The monoisotopic (exact) mass is 478 g/mol. The van der Waals surface area contributed by atoms with Crippen LogP contribution in [0.2, 0.25) is 10.2 Å². The smallest absolute Gasteiger partial charge is 0.275 e. The Labute approximate surface area is 196 Å². The van der Waals surface area contributed by atoms with E-state index in [4.69, 9.17) is 23.2 Å². The summed E-state index contributed by atoms with van der Waals surface area (Å²) in [7, 11) is 1.65. The van der Waals surface area contributed by atoms with Gasteiger partial charge >= 0.3 is 0 Å². The Bertz CT molecular complexity index is 1710. The molecule has 164 valence electrons. The predicted octanol–water partition coefficient (Wildman–Crippen LogP) is 3.94. The molecular formula is C24H16Cl2N4O3. The second-order valence-corrected chi connectivity index (χ2v) is 8.38. The van der Waals surface area contributed by atoms with Gasteiger partial charge < -0.3 is 14.3 Å².